The largest absolute Gasteiger partial charge is 0.445 e. The SMILES string of the molecule is O=C(OCc1ccccc1)N1C2CCC1CC(O)(CCCC(F)(F)F)C2. The lowest BCUT2D eigenvalue weighted by atomic mass is 9.82. The van der Waals surface area contributed by atoms with E-state index in [9.17, 15) is 23.1 Å². The van der Waals surface area contributed by atoms with Crippen molar-refractivity contribution in [3.63, 3.8) is 0 Å². The maximum atomic E-state index is 12.5. The summed E-state index contributed by atoms with van der Waals surface area (Å²) in [4.78, 5) is 14.1. The highest BCUT2D eigenvalue weighted by atomic mass is 19.4. The van der Waals surface area contributed by atoms with Gasteiger partial charge >= 0.3 is 12.3 Å². The number of alkyl halides is 3. The van der Waals surface area contributed by atoms with Crippen molar-refractivity contribution in [2.45, 2.75) is 75.4 Å². The Morgan fingerprint density at radius 3 is 2.38 bits per heavy atom. The lowest BCUT2D eigenvalue weighted by molar-refractivity contribution is -0.139. The minimum Gasteiger partial charge on any atom is -0.445 e. The molecule has 0 spiro atoms. The van der Waals surface area contributed by atoms with Crippen LogP contribution in [0.1, 0.15) is 50.5 Å². The maximum absolute atomic E-state index is 12.5. The molecule has 0 saturated carbocycles. The molecule has 0 aliphatic carbocycles. The highest BCUT2D eigenvalue weighted by Gasteiger charge is 2.49. The number of amides is 1. The second-order valence-electron chi connectivity index (χ2n) is 7.43. The number of nitrogens with zero attached hydrogens (tertiary/aromatic N) is 1. The molecule has 1 aromatic carbocycles. The lowest BCUT2D eigenvalue weighted by Gasteiger charge is -2.43. The zero-order valence-corrected chi connectivity index (χ0v) is 14.5. The van der Waals surface area contributed by atoms with Crippen LogP contribution in [0.15, 0.2) is 30.3 Å². The van der Waals surface area contributed by atoms with E-state index in [-0.39, 0.29) is 31.5 Å². The number of halogens is 3. The van der Waals surface area contributed by atoms with Gasteiger partial charge in [-0.1, -0.05) is 30.3 Å². The molecule has 2 saturated heterocycles. The number of hydrogen-bond acceptors (Lipinski definition) is 3. The first-order valence-corrected chi connectivity index (χ1v) is 9.04. The number of ether oxygens (including phenoxy) is 1. The summed E-state index contributed by atoms with van der Waals surface area (Å²) >= 11 is 0. The second-order valence-corrected chi connectivity index (χ2v) is 7.43. The number of hydrogen-bond donors (Lipinski definition) is 1. The van der Waals surface area contributed by atoms with Crippen molar-refractivity contribution in [3.05, 3.63) is 35.9 Å². The lowest BCUT2D eigenvalue weighted by Crippen LogP contribution is -2.53. The second kappa shape index (κ2) is 7.47. The van der Waals surface area contributed by atoms with Crippen LogP contribution in [0, 0.1) is 0 Å². The minimum absolute atomic E-state index is 0.0854. The van der Waals surface area contributed by atoms with Crippen LogP contribution in [0.25, 0.3) is 0 Å². The molecule has 26 heavy (non-hydrogen) atoms. The average Bonchev–Trinajstić information content (AvgIpc) is 2.85. The number of aliphatic hydroxyl groups is 1. The van der Waals surface area contributed by atoms with Gasteiger partial charge in [-0.3, -0.25) is 0 Å². The molecule has 0 radical (unpaired) electrons. The summed E-state index contributed by atoms with van der Waals surface area (Å²) in [5.41, 5.74) is -0.221. The normalized spacial score (nSPS) is 28.2. The highest BCUT2D eigenvalue weighted by molar-refractivity contribution is 5.69. The number of rotatable bonds is 5. The van der Waals surface area contributed by atoms with Crippen molar-refractivity contribution in [2.75, 3.05) is 0 Å². The van der Waals surface area contributed by atoms with Crippen molar-refractivity contribution < 1.29 is 27.8 Å². The molecule has 2 aliphatic rings. The molecule has 2 fully saturated rings. The molecule has 7 heteroatoms. The van der Waals surface area contributed by atoms with Crippen LogP contribution in [0.5, 0.6) is 0 Å². The van der Waals surface area contributed by atoms with Crippen molar-refractivity contribution in [3.8, 4) is 0 Å². The molecule has 2 heterocycles. The Morgan fingerprint density at radius 1 is 1.19 bits per heavy atom. The van der Waals surface area contributed by atoms with Gasteiger partial charge in [0.1, 0.15) is 6.61 Å². The molecular formula is C19H24F3NO3. The van der Waals surface area contributed by atoms with E-state index < -0.39 is 24.3 Å². The van der Waals surface area contributed by atoms with Gasteiger partial charge in [-0.05, 0) is 44.1 Å². The molecule has 2 bridgehead atoms. The Labute approximate surface area is 150 Å². The molecule has 0 aromatic heterocycles. The van der Waals surface area contributed by atoms with Gasteiger partial charge in [0, 0.05) is 18.5 Å². The van der Waals surface area contributed by atoms with Crippen LogP contribution < -0.4 is 0 Å². The fraction of sp³-hybridized carbons (Fsp3) is 0.632. The van der Waals surface area contributed by atoms with Gasteiger partial charge < -0.3 is 14.7 Å². The number of piperidine rings is 1. The summed E-state index contributed by atoms with van der Waals surface area (Å²) in [7, 11) is 0. The molecular weight excluding hydrogens is 347 g/mol. The number of carbonyl (C=O) groups is 1. The smallest absolute Gasteiger partial charge is 0.410 e. The molecule has 4 nitrogen and oxygen atoms in total. The molecule has 2 atom stereocenters. The highest BCUT2D eigenvalue weighted by Crippen LogP contribution is 2.43. The molecule has 1 amide bonds. The van der Waals surface area contributed by atoms with Gasteiger partial charge in [-0.25, -0.2) is 4.79 Å². The molecule has 1 aromatic rings. The van der Waals surface area contributed by atoms with Gasteiger partial charge in [0.25, 0.3) is 0 Å². The molecule has 3 rings (SSSR count). The summed E-state index contributed by atoms with van der Waals surface area (Å²) < 4.78 is 42.4. The van der Waals surface area contributed by atoms with Crippen molar-refractivity contribution in [2.24, 2.45) is 0 Å². The van der Waals surface area contributed by atoms with E-state index in [0.29, 0.717) is 12.8 Å². The maximum Gasteiger partial charge on any atom is 0.410 e. The fourth-order valence-electron chi connectivity index (χ4n) is 4.24. The first-order valence-electron chi connectivity index (χ1n) is 9.04. The molecule has 2 unspecified atom stereocenters. The predicted molar refractivity (Wildman–Crippen MR) is 89.4 cm³/mol. The Morgan fingerprint density at radius 2 is 1.81 bits per heavy atom. The average molecular weight is 371 g/mol. The Hall–Kier alpha value is -1.76. The fourth-order valence-corrected chi connectivity index (χ4v) is 4.24. The van der Waals surface area contributed by atoms with Gasteiger partial charge in [-0.15, -0.1) is 0 Å². The zero-order valence-electron chi connectivity index (χ0n) is 14.5. The summed E-state index contributed by atoms with van der Waals surface area (Å²) in [6.07, 6.45) is -3.29. The van der Waals surface area contributed by atoms with Crippen molar-refractivity contribution in [1.29, 1.82) is 0 Å². The summed E-state index contributed by atoms with van der Waals surface area (Å²) in [6.45, 7) is 0.186. The summed E-state index contributed by atoms with van der Waals surface area (Å²) in [6, 6.07) is 9.05. The predicted octanol–water partition coefficient (Wildman–Crippen LogP) is 4.41. The third kappa shape index (κ3) is 4.69. The van der Waals surface area contributed by atoms with Gasteiger partial charge in [0.05, 0.1) is 5.60 Å². The molecule has 1 N–H and O–H groups in total. The van der Waals surface area contributed by atoms with Gasteiger partial charge in [-0.2, -0.15) is 13.2 Å². The van der Waals surface area contributed by atoms with Crippen molar-refractivity contribution >= 4 is 6.09 Å². The Kier molecular flexibility index (Phi) is 5.46. The Balaban J connectivity index is 1.53. The van der Waals surface area contributed by atoms with E-state index in [1.54, 1.807) is 4.90 Å². The van der Waals surface area contributed by atoms with Crippen molar-refractivity contribution in [1.82, 2.24) is 4.90 Å². The standard InChI is InChI=1S/C19H24F3NO3/c20-19(21,22)10-4-9-18(25)11-15-7-8-16(12-18)23(15)17(24)26-13-14-5-2-1-3-6-14/h1-3,5-6,15-16,25H,4,7-13H2. The van der Waals surface area contributed by atoms with Gasteiger partial charge in [0.15, 0.2) is 0 Å². The van der Waals surface area contributed by atoms with Crippen LogP contribution >= 0.6 is 0 Å². The first kappa shape index (κ1) is 19.0. The van der Waals surface area contributed by atoms with Gasteiger partial charge in [0.2, 0.25) is 0 Å². The Bertz CT molecular complexity index is 606. The third-order valence-electron chi connectivity index (χ3n) is 5.37. The summed E-state index contributed by atoms with van der Waals surface area (Å²) in [5.74, 6) is 0. The molecule has 144 valence electrons. The van der Waals surface area contributed by atoms with Crippen LogP contribution in [-0.4, -0.2) is 40.0 Å². The summed E-state index contributed by atoms with van der Waals surface area (Å²) in [5, 5.41) is 10.7. The number of fused-ring (bicyclic) bond motifs is 2. The number of benzene rings is 1. The van der Waals surface area contributed by atoms with Crippen LogP contribution in [0.2, 0.25) is 0 Å². The molecule has 2 aliphatic heterocycles. The van der Waals surface area contributed by atoms with Crippen LogP contribution in [-0.2, 0) is 11.3 Å². The van der Waals surface area contributed by atoms with E-state index >= 15 is 0 Å². The third-order valence-corrected chi connectivity index (χ3v) is 5.37. The first-order chi connectivity index (χ1) is 12.3. The van der Waals surface area contributed by atoms with E-state index in [4.69, 9.17) is 4.74 Å². The monoisotopic (exact) mass is 371 g/mol. The van der Waals surface area contributed by atoms with E-state index in [0.717, 1.165) is 18.4 Å². The number of carbonyl (C=O) groups excluding carboxylic acids is 1. The zero-order chi connectivity index (χ0) is 18.8. The quantitative estimate of drug-likeness (QED) is 0.834. The van der Waals surface area contributed by atoms with E-state index in [2.05, 4.69) is 0 Å². The minimum atomic E-state index is -4.20. The van der Waals surface area contributed by atoms with E-state index in [1.807, 2.05) is 30.3 Å². The topological polar surface area (TPSA) is 49.8 Å². The van der Waals surface area contributed by atoms with Crippen LogP contribution in [0.4, 0.5) is 18.0 Å². The van der Waals surface area contributed by atoms with E-state index in [1.165, 1.54) is 0 Å². The van der Waals surface area contributed by atoms with Crippen LogP contribution in [0.3, 0.4) is 0 Å².